The van der Waals surface area contributed by atoms with Gasteiger partial charge in [-0.2, -0.15) is 0 Å². The van der Waals surface area contributed by atoms with Gasteiger partial charge in [0, 0.05) is 11.5 Å². The number of rotatable bonds is 4. The van der Waals surface area contributed by atoms with Gasteiger partial charge in [0.25, 0.3) is 0 Å². The van der Waals surface area contributed by atoms with Crippen LogP contribution in [0.5, 0.6) is 0 Å². The van der Waals surface area contributed by atoms with Crippen LogP contribution in [-0.2, 0) is 0 Å². The minimum Gasteiger partial charge on any atom is -0.100 e. The molecule has 72 valence electrons. The lowest BCUT2D eigenvalue weighted by molar-refractivity contribution is 1.11. The quantitative estimate of drug-likeness (QED) is 0.647. The molecule has 0 spiro atoms. The average Bonchev–Trinajstić information content (AvgIpc) is 2.28. The molecule has 0 radical (unpaired) electrons. The Hall–Kier alpha value is 0.850. The zero-order chi connectivity index (χ0) is 9.90. The number of alkyl halides is 1. The summed E-state index contributed by atoms with van der Waals surface area (Å²) in [5.74, 6) is 0. The first kappa shape index (κ1) is 11.9. The Morgan fingerprint density at radius 1 is 1.46 bits per heavy atom. The zero-order valence-electron chi connectivity index (χ0n) is 6.76. The lowest BCUT2D eigenvalue weighted by Crippen LogP contribution is -2.03. The Balaban J connectivity index is 2.66. The van der Waals surface area contributed by atoms with Crippen molar-refractivity contribution < 1.29 is 0 Å². The number of hydrogen-bond donors (Lipinski definition) is 0. The summed E-state index contributed by atoms with van der Waals surface area (Å²) in [7, 11) is 0. The summed E-state index contributed by atoms with van der Waals surface area (Å²) in [6, 6.07) is 0. The van der Waals surface area contributed by atoms with E-state index >= 15 is 0 Å². The molecule has 1 aliphatic rings. The molecule has 1 atom stereocenters. The highest BCUT2D eigenvalue weighted by atomic mass is 35.5. The molecule has 0 aliphatic carbocycles. The highest BCUT2D eigenvalue weighted by Gasteiger charge is 2.37. The Labute approximate surface area is 101 Å². The fourth-order valence-electron chi connectivity index (χ4n) is 0.841. The molecule has 0 aromatic rings. The largest absolute Gasteiger partial charge is 0.149 e. The topological polar surface area (TPSA) is 0 Å². The summed E-state index contributed by atoms with van der Waals surface area (Å²) in [6.07, 6.45) is 0.674. The number of thioether (sulfide) groups is 3. The van der Waals surface area contributed by atoms with Crippen LogP contribution in [0.2, 0.25) is 0 Å². The molecule has 0 bridgehead atoms. The molecule has 0 amide bonds. The van der Waals surface area contributed by atoms with Gasteiger partial charge in [-0.1, -0.05) is 59.9 Å². The maximum atomic E-state index is 6.28. The molecule has 5 heteroatoms. The van der Waals surface area contributed by atoms with Gasteiger partial charge >= 0.3 is 0 Å². The SMILES string of the molecule is C=CSC1=C(Cl)CC(Cl)(SC=C)S1. The van der Waals surface area contributed by atoms with Gasteiger partial charge in [0.2, 0.25) is 0 Å². The van der Waals surface area contributed by atoms with Crippen molar-refractivity contribution in [2.45, 2.75) is 9.96 Å². The van der Waals surface area contributed by atoms with Crippen molar-refractivity contribution in [1.29, 1.82) is 0 Å². The van der Waals surface area contributed by atoms with Crippen LogP contribution in [-0.4, -0.2) is 3.54 Å². The van der Waals surface area contributed by atoms with E-state index in [1.807, 2.05) is 0 Å². The van der Waals surface area contributed by atoms with Gasteiger partial charge in [-0.25, -0.2) is 0 Å². The second-order valence-electron chi connectivity index (χ2n) is 2.20. The van der Waals surface area contributed by atoms with E-state index in [0.29, 0.717) is 6.42 Å². The lowest BCUT2D eigenvalue weighted by Gasteiger charge is -2.16. The molecule has 0 aromatic heterocycles. The summed E-state index contributed by atoms with van der Waals surface area (Å²) in [4.78, 5) is 0. The number of halogens is 2. The van der Waals surface area contributed by atoms with Crippen LogP contribution in [0.3, 0.4) is 0 Å². The van der Waals surface area contributed by atoms with Crippen LogP contribution in [0.4, 0.5) is 0 Å². The van der Waals surface area contributed by atoms with Crippen LogP contribution >= 0.6 is 58.5 Å². The third kappa shape index (κ3) is 3.17. The summed E-state index contributed by atoms with van der Waals surface area (Å²) >= 11 is 16.9. The summed E-state index contributed by atoms with van der Waals surface area (Å²) < 4.78 is 0.644. The molecular formula is C8H8Cl2S3. The van der Waals surface area contributed by atoms with E-state index in [-0.39, 0.29) is 0 Å². The summed E-state index contributed by atoms with van der Waals surface area (Å²) in [5, 5.41) is 4.32. The number of allylic oxidation sites excluding steroid dienone is 1. The maximum Gasteiger partial charge on any atom is 0.149 e. The zero-order valence-corrected chi connectivity index (χ0v) is 10.7. The van der Waals surface area contributed by atoms with Crippen molar-refractivity contribution >= 4 is 58.5 Å². The Kier molecular flexibility index (Phi) is 4.66. The average molecular weight is 271 g/mol. The molecule has 1 rings (SSSR count). The van der Waals surface area contributed by atoms with Crippen molar-refractivity contribution in [2.75, 3.05) is 0 Å². The first-order valence-electron chi connectivity index (χ1n) is 3.44. The van der Waals surface area contributed by atoms with Crippen LogP contribution in [0.15, 0.2) is 33.2 Å². The molecule has 0 saturated heterocycles. The molecule has 1 heterocycles. The standard InChI is InChI=1S/C8H8Cl2S3/c1-3-11-7-6(9)5-8(10,13-7)12-4-2/h3-4H,1-2,5H2. The Bertz CT molecular complexity index is 262. The summed E-state index contributed by atoms with van der Waals surface area (Å²) in [5.41, 5.74) is 0. The first-order valence-corrected chi connectivity index (χ1v) is 6.77. The fraction of sp³-hybridized carbons (Fsp3) is 0.250. The number of hydrogen-bond acceptors (Lipinski definition) is 3. The third-order valence-corrected chi connectivity index (χ3v) is 5.71. The van der Waals surface area contributed by atoms with Gasteiger partial charge in [-0.05, 0) is 10.8 Å². The normalized spacial score (nSPS) is 27.8. The minimum atomic E-state index is -0.399. The third-order valence-electron chi connectivity index (χ3n) is 1.28. The van der Waals surface area contributed by atoms with E-state index in [2.05, 4.69) is 13.2 Å². The Morgan fingerprint density at radius 3 is 2.69 bits per heavy atom. The van der Waals surface area contributed by atoms with E-state index in [0.717, 1.165) is 9.27 Å². The Morgan fingerprint density at radius 2 is 2.15 bits per heavy atom. The van der Waals surface area contributed by atoms with E-state index in [1.165, 1.54) is 23.5 Å². The van der Waals surface area contributed by atoms with Crippen LogP contribution < -0.4 is 0 Å². The van der Waals surface area contributed by atoms with E-state index in [9.17, 15) is 0 Å². The molecule has 1 aliphatic heterocycles. The van der Waals surface area contributed by atoms with Crippen LogP contribution in [0.25, 0.3) is 0 Å². The highest BCUT2D eigenvalue weighted by Crippen LogP contribution is 2.59. The van der Waals surface area contributed by atoms with Crippen LogP contribution in [0.1, 0.15) is 6.42 Å². The van der Waals surface area contributed by atoms with Crippen molar-refractivity contribution in [3.63, 3.8) is 0 Å². The maximum absolute atomic E-state index is 6.28. The van der Waals surface area contributed by atoms with Gasteiger partial charge in [0.05, 0.1) is 4.24 Å². The van der Waals surface area contributed by atoms with Crippen molar-refractivity contribution in [3.05, 3.63) is 33.2 Å². The van der Waals surface area contributed by atoms with Crippen molar-refractivity contribution in [1.82, 2.24) is 0 Å². The molecule has 1 unspecified atom stereocenters. The van der Waals surface area contributed by atoms with Gasteiger partial charge in [-0.15, -0.1) is 11.8 Å². The predicted octanol–water partition coefficient (Wildman–Crippen LogP) is 5.18. The monoisotopic (exact) mass is 270 g/mol. The smallest absolute Gasteiger partial charge is 0.100 e. The minimum absolute atomic E-state index is 0.399. The molecule has 0 aromatic carbocycles. The second-order valence-corrected chi connectivity index (χ2v) is 7.82. The molecule has 0 nitrogen and oxygen atoms in total. The molecule has 0 fully saturated rings. The van der Waals surface area contributed by atoms with Gasteiger partial charge < -0.3 is 0 Å². The van der Waals surface area contributed by atoms with E-state index in [1.54, 1.807) is 22.6 Å². The van der Waals surface area contributed by atoms with Crippen molar-refractivity contribution in [2.24, 2.45) is 0 Å². The van der Waals surface area contributed by atoms with Crippen molar-refractivity contribution in [3.8, 4) is 0 Å². The molecule has 0 N–H and O–H groups in total. The molecule has 0 saturated carbocycles. The lowest BCUT2D eigenvalue weighted by atomic mass is 10.5. The highest BCUT2D eigenvalue weighted by molar-refractivity contribution is 8.31. The molecular weight excluding hydrogens is 263 g/mol. The van der Waals surface area contributed by atoms with Gasteiger partial charge in [0.15, 0.2) is 0 Å². The fourth-order valence-corrected chi connectivity index (χ4v) is 5.34. The van der Waals surface area contributed by atoms with E-state index in [4.69, 9.17) is 23.2 Å². The predicted molar refractivity (Wildman–Crippen MR) is 69.2 cm³/mol. The second kappa shape index (κ2) is 5.08. The van der Waals surface area contributed by atoms with Crippen LogP contribution in [0, 0.1) is 0 Å². The van der Waals surface area contributed by atoms with Gasteiger partial charge in [0.1, 0.15) is 3.54 Å². The summed E-state index contributed by atoms with van der Waals surface area (Å²) in [6.45, 7) is 7.28. The van der Waals surface area contributed by atoms with E-state index < -0.39 is 3.54 Å². The van der Waals surface area contributed by atoms with Gasteiger partial charge in [-0.3, -0.25) is 0 Å². The first-order chi connectivity index (χ1) is 6.11. The molecule has 13 heavy (non-hydrogen) atoms.